The Morgan fingerprint density at radius 1 is 1.14 bits per heavy atom. The van der Waals surface area contributed by atoms with Crippen LogP contribution in [0.25, 0.3) is 4.84 Å². The van der Waals surface area contributed by atoms with E-state index in [9.17, 15) is 14.4 Å². The molecule has 0 spiro atoms. The summed E-state index contributed by atoms with van der Waals surface area (Å²) < 4.78 is 9.52. The SMILES string of the molecule is CCOC(=O)[C@H](CCC(=O)N[C@@H](CCl)C(=O)OCC)[N-]Cl. The molecule has 0 radical (unpaired) electrons. The zero-order chi connectivity index (χ0) is 16.3. The van der Waals surface area contributed by atoms with Gasteiger partial charge < -0.3 is 19.6 Å². The first-order valence-electron chi connectivity index (χ1n) is 6.49. The highest BCUT2D eigenvalue weighted by Crippen LogP contribution is 2.13. The molecule has 1 N–H and O–H groups in total. The van der Waals surface area contributed by atoms with Gasteiger partial charge in [-0.25, -0.2) is 4.79 Å². The van der Waals surface area contributed by atoms with Crippen LogP contribution < -0.4 is 5.32 Å². The topological polar surface area (TPSA) is 95.8 Å². The lowest BCUT2D eigenvalue weighted by Gasteiger charge is -2.23. The summed E-state index contributed by atoms with van der Waals surface area (Å²) in [5.41, 5.74) is 0. The maximum atomic E-state index is 11.7. The molecule has 21 heavy (non-hydrogen) atoms. The molecule has 9 heteroatoms. The van der Waals surface area contributed by atoms with E-state index in [4.69, 9.17) is 32.9 Å². The third-order valence-corrected chi connectivity index (χ3v) is 2.93. The van der Waals surface area contributed by atoms with Gasteiger partial charge in [0.05, 0.1) is 19.1 Å². The predicted molar refractivity (Wildman–Crippen MR) is 78.2 cm³/mol. The minimum Gasteiger partial charge on any atom is -0.563 e. The largest absolute Gasteiger partial charge is 0.563 e. The Balaban J connectivity index is 4.28. The van der Waals surface area contributed by atoms with Crippen LogP contribution in [0, 0.1) is 0 Å². The van der Waals surface area contributed by atoms with Crippen molar-refractivity contribution in [2.24, 2.45) is 0 Å². The van der Waals surface area contributed by atoms with Crippen LogP contribution in [0.1, 0.15) is 26.7 Å². The number of nitrogens with zero attached hydrogens (tertiary/aromatic N) is 1. The Morgan fingerprint density at radius 3 is 2.19 bits per heavy atom. The van der Waals surface area contributed by atoms with Crippen molar-refractivity contribution in [2.45, 2.75) is 38.8 Å². The van der Waals surface area contributed by atoms with E-state index in [1.807, 2.05) is 0 Å². The van der Waals surface area contributed by atoms with Crippen molar-refractivity contribution in [3.05, 3.63) is 4.84 Å². The van der Waals surface area contributed by atoms with Crippen LogP contribution in [0.5, 0.6) is 0 Å². The molecule has 7 nitrogen and oxygen atoms in total. The zero-order valence-electron chi connectivity index (χ0n) is 11.9. The highest BCUT2D eigenvalue weighted by molar-refractivity contribution is 6.26. The summed E-state index contributed by atoms with van der Waals surface area (Å²) in [6.45, 7) is 3.69. The Bertz CT molecular complexity index is 355. The Morgan fingerprint density at radius 2 is 1.71 bits per heavy atom. The Labute approximate surface area is 133 Å². The van der Waals surface area contributed by atoms with Crippen molar-refractivity contribution >= 4 is 41.2 Å². The first-order valence-corrected chi connectivity index (χ1v) is 7.37. The predicted octanol–water partition coefficient (Wildman–Crippen LogP) is 1.51. The van der Waals surface area contributed by atoms with E-state index in [0.717, 1.165) is 0 Å². The number of amides is 1. The second-order valence-electron chi connectivity index (χ2n) is 3.93. The van der Waals surface area contributed by atoms with Gasteiger partial charge in [-0.2, -0.15) is 0 Å². The minimum absolute atomic E-state index is 0.0491. The number of alkyl halides is 1. The normalized spacial score (nSPS) is 13.1. The van der Waals surface area contributed by atoms with Crippen molar-refractivity contribution in [3.8, 4) is 0 Å². The molecule has 122 valence electrons. The molecular weight excluding hydrogens is 323 g/mol. The molecule has 2 atom stereocenters. The van der Waals surface area contributed by atoms with E-state index >= 15 is 0 Å². The van der Waals surface area contributed by atoms with Gasteiger partial charge in [-0.1, -0.05) is 0 Å². The van der Waals surface area contributed by atoms with Gasteiger partial charge >= 0.3 is 5.97 Å². The van der Waals surface area contributed by atoms with E-state index in [-0.39, 0.29) is 31.9 Å². The van der Waals surface area contributed by atoms with E-state index in [0.29, 0.717) is 0 Å². The van der Waals surface area contributed by atoms with Gasteiger partial charge in [0.25, 0.3) is 5.97 Å². The van der Waals surface area contributed by atoms with Crippen molar-refractivity contribution in [2.75, 3.05) is 19.1 Å². The average molecular weight is 342 g/mol. The maximum absolute atomic E-state index is 11.7. The maximum Gasteiger partial charge on any atom is 0.329 e. The third-order valence-electron chi connectivity index (χ3n) is 2.38. The number of nitrogens with one attached hydrogen (secondary N) is 1. The van der Waals surface area contributed by atoms with E-state index < -0.39 is 29.9 Å². The first-order chi connectivity index (χ1) is 9.99. The fourth-order valence-corrected chi connectivity index (χ4v) is 1.76. The van der Waals surface area contributed by atoms with Gasteiger partial charge in [0, 0.05) is 6.42 Å². The number of rotatable bonds is 10. The van der Waals surface area contributed by atoms with Crippen LogP contribution in [0.15, 0.2) is 0 Å². The fourth-order valence-electron chi connectivity index (χ4n) is 1.38. The number of hydrogen-bond acceptors (Lipinski definition) is 5. The van der Waals surface area contributed by atoms with Gasteiger partial charge in [-0.15, -0.1) is 11.6 Å². The van der Waals surface area contributed by atoms with Crippen LogP contribution in [-0.4, -0.2) is 49.0 Å². The lowest BCUT2D eigenvalue weighted by atomic mass is 10.1. The van der Waals surface area contributed by atoms with Crippen molar-refractivity contribution < 1.29 is 23.9 Å². The molecule has 0 aromatic rings. The standard InChI is InChI=1S/C12H19Cl2N2O5/c1-3-20-11(18)8(16-14)5-6-10(17)15-9(7-13)12(19)21-4-2/h8-9H,3-7H2,1-2H3,(H,15,17)/q-1/t8-,9-/m0/s1. The van der Waals surface area contributed by atoms with Crippen LogP contribution in [0.2, 0.25) is 0 Å². The fraction of sp³-hybridized carbons (Fsp3) is 0.750. The second kappa shape index (κ2) is 11.6. The molecule has 0 fully saturated rings. The molecule has 0 rings (SSSR count). The average Bonchev–Trinajstić information content (AvgIpc) is 2.45. The van der Waals surface area contributed by atoms with E-state index in [1.54, 1.807) is 13.8 Å². The number of carbonyl (C=O) groups is 3. The van der Waals surface area contributed by atoms with Crippen LogP contribution in [0.3, 0.4) is 0 Å². The number of esters is 2. The lowest BCUT2D eigenvalue weighted by Crippen LogP contribution is -2.43. The van der Waals surface area contributed by atoms with Gasteiger partial charge in [-0.05, 0) is 26.3 Å². The molecule has 0 heterocycles. The molecule has 0 aromatic heterocycles. The highest BCUT2D eigenvalue weighted by Gasteiger charge is 2.21. The first kappa shape index (κ1) is 19.9. The van der Waals surface area contributed by atoms with Crippen LogP contribution in [0.4, 0.5) is 0 Å². The number of halogens is 2. The molecule has 0 aromatic carbocycles. The monoisotopic (exact) mass is 341 g/mol. The molecule has 0 aliphatic carbocycles. The summed E-state index contributed by atoms with van der Waals surface area (Å²) in [6.07, 6.45) is 0.0263. The molecule has 1 amide bonds. The summed E-state index contributed by atoms with van der Waals surface area (Å²) in [5.74, 6) is -1.76. The van der Waals surface area contributed by atoms with Crippen molar-refractivity contribution in [1.29, 1.82) is 0 Å². The van der Waals surface area contributed by atoms with Crippen molar-refractivity contribution in [3.63, 3.8) is 0 Å². The third kappa shape index (κ3) is 8.08. The quantitative estimate of drug-likeness (QED) is 0.480. The number of carbonyl (C=O) groups excluding carboxylic acids is 3. The summed E-state index contributed by atoms with van der Waals surface area (Å²) in [4.78, 5) is 37.9. The van der Waals surface area contributed by atoms with Crippen molar-refractivity contribution in [1.82, 2.24) is 5.32 Å². The molecular formula is C12H19Cl2N2O5-. The molecule has 0 aliphatic rings. The molecule has 0 unspecified atom stereocenters. The molecule has 0 saturated heterocycles. The minimum atomic E-state index is -0.923. The van der Waals surface area contributed by atoms with Crippen LogP contribution in [-0.2, 0) is 23.9 Å². The summed E-state index contributed by atoms with van der Waals surface area (Å²) in [5, 5.41) is 2.42. The Kier molecular flexibility index (Phi) is 11.0. The zero-order valence-corrected chi connectivity index (χ0v) is 13.4. The van der Waals surface area contributed by atoms with Gasteiger partial charge in [0.15, 0.2) is 0 Å². The summed E-state index contributed by atoms with van der Waals surface area (Å²) in [6, 6.07) is -1.84. The lowest BCUT2D eigenvalue weighted by molar-refractivity contribution is -0.147. The van der Waals surface area contributed by atoms with Crippen LogP contribution >= 0.6 is 23.4 Å². The second-order valence-corrected chi connectivity index (χ2v) is 4.43. The molecule has 0 bridgehead atoms. The number of hydrogen-bond donors (Lipinski definition) is 1. The summed E-state index contributed by atoms with van der Waals surface area (Å²) >= 11 is 10.9. The van der Waals surface area contributed by atoms with Gasteiger partial charge in [0.1, 0.15) is 6.04 Å². The van der Waals surface area contributed by atoms with Gasteiger partial charge in [0.2, 0.25) is 5.91 Å². The smallest absolute Gasteiger partial charge is 0.329 e. The molecule has 0 saturated carbocycles. The number of ether oxygens (including phenoxy) is 2. The van der Waals surface area contributed by atoms with E-state index in [1.165, 1.54) is 0 Å². The van der Waals surface area contributed by atoms with Gasteiger partial charge in [-0.3, -0.25) is 21.4 Å². The van der Waals surface area contributed by atoms with E-state index in [2.05, 4.69) is 10.2 Å². The Hall–Kier alpha value is -1.05. The highest BCUT2D eigenvalue weighted by atomic mass is 35.5. The summed E-state index contributed by atoms with van der Waals surface area (Å²) in [7, 11) is 0. The molecule has 0 aliphatic heterocycles.